The molecule has 1 aromatic heterocycles. The Balaban J connectivity index is 2.46. The first-order valence-corrected chi connectivity index (χ1v) is 7.62. The number of aromatic nitrogens is 1. The summed E-state index contributed by atoms with van der Waals surface area (Å²) in [5, 5.41) is 9.82. The van der Waals surface area contributed by atoms with Crippen molar-refractivity contribution in [1.82, 2.24) is 4.98 Å². The molecule has 1 N–H and O–H groups in total. The summed E-state index contributed by atoms with van der Waals surface area (Å²) >= 11 is 1.17. The van der Waals surface area contributed by atoms with E-state index in [9.17, 15) is 14.7 Å². The molecule has 0 bridgehead atoms. The van der Waals surface area contributed by atoms with E-state index in [0.717, 1.165) is 38.5 Å². The summed E-state index contributed by atoms with van der Waals surface area (Å²) in [5.74, 6) is -1.41. The number of carboxylic acid groups (broad SMARTS) is 1. The van der Waals surface area contributed by atoms with Gasteiger partial charge in [-0.25, -0.2) is 9.78 Å². The van der Waals surface area contributed by atoms with Gasteiger partial charge in [-0.3, -0.25) is 4.79 Å². The molecule has 1 aliphatic carbocycles. The van der Waals surface area contributed by atoms with Crippen molar-refractivity contribution in [3.8, 4) is 0 Å². The zero-order valence-electron chi connectivity index (χ0n) is 11.8. The molecule has 0 amide bonds. The van der Waals surface area contributed by atoms with E-state index in [1.807, 2.05) is 0 Å². The highest BCUT2D eigenvalue weighted by Gasteiger charge is 2.38. The number of nitrogens with zero attached hydrogens (tertiary/aromatic N) is 1. The van der Waals surface area contributed by atoms with Crippen LogP contribution in [0.15, 0.2) is 0 Å². The minimum absolute atomic E-state index is 0.141. The monoisotopic (exact) mass is 297 g/mol. The maximum Gasteiger partial charge on any atom is 0.356 e. The van der Waals surface area contributed by atoms with Crippen molar-refractivity contribution in [2.24, 2.45) is 0 Å². The summed E-state index contributed by atoms with van der Waals surface area (Å²) in [7, 11) is 1.64. The number of carbonyl (C=O) groups is 2. The smallest absolute Gasteiger partial charge is 0.356 e. The number of thiazole rings is 1. The van der Waals surface area contributed by atoms with Gasteiger partial charge in [0.2, 0.25) is 0 Å². The molecule has 0 saturated heterocycles. The average Bonchev–Trinajstić information content (AvgIpc) is 2.73. The number of hydrogen-bond acceptors (Lipinski definition) is 5. The molecule has 110 valence electrons. The fourth-order valence-corrected chi connectivity index (χ4v) is 3.88. The van der Waals surface area contributed by atoms with Crippen molar-refractivity contribution in [2.75, 3.05) is 7.11 Å². The van der Waals surface area contributed by atoms with Crippen LogP contribution >= 0.6 is 11.3 Å². The second-order valence-electron chi connectivity index (χ2n) is 5.17. The zero-order valence-corrected chi connectivity index (χ0v) is 12.6. The number of carbonyl (C=O) groups excluding carboxylic acids is 1. The Labute approximate surface area is 122 Å². The number of hydrogen-bond donors (Lipinski definition) is 1. The number of rotatable bonds is 4. The Morgan fingerprint density at radius 1 is 1.25 bits per heavy atom. The Morgan fingerprint density at radius 3 is 2.25 bits per heavy atom. The van der Waals surface area contributed by atoms with Gasteiger partial charge in [0.05, 0.1) is 0 Å². The van der Waals surface area contributed by atoms with E-state index in [4.69, 9.17) is 4.74 Å². The van der Waals surface area contributed by atoms with E-state index in [1.165, 1.54) is 18.3 Å². The highest BCUT2D eigenvalue weighted by molar-refractivity contribution is 7.14. The lowest BCUT2D eigenvalue weighted by atomic mass is 9.95. The Bertz CT molecular complexity index is 484. The largest absolute Gasteiger partial charge is 0.476 e. The zero-order chi connectivity index (χ0) is 14.8. The van der Waals surface area contributed by atoms with Crippen LogP contribution in [0.3, 0.4) is 0 Å². The molecular weight excluding hydrogens is 278 g/mol. The van der Waals surface area contributed by atoms with Gasteiger partial charge in [0, 0.05) is 14.0 Å². The van der Waals surface area contributed by atoms with Crippen LogP contribution in [0.1, 0.15) is 70.6 Å². The lowest BCUT2D eigenvalue weighted by molar-refractivity contribution is -0.0280. The Hall–Kier alpha value is -1.27. The van der Waals surface area contributed by atoms with Crippen LogP contribution in [0.5, 0.6) is 0 Å². The number of ketones is 1. The van der Waals surface area contributed by atoms with Gasteiger partial charge in [-0.1, -0.05) is 25.7 Å². The summed E-state index contributed by atoms with van der Waals surface area (Å²) in [6.07, 6.45) is 6.03. The van der Waals surface area contributed by atoms with Crippen LogP contribution in [0, 0.1) is 0 Å². The van der Waals surface area contributed by atoms with Crippen LogP contribution < -0.4 is 0 Å². The number of Topliss-reactive ketones (excluding diaryl/α,β-unsaturated/α-hetero) is 1. The molecule has 0 radical (unpaired) electrons. The SMILES string of the molecule is COC1(c2nc(C(=O)O)c(C(C)=O)s2)CCCCCC1. The van der Waals surface area contributed by atoms with E-state index in [2.05, 4.69) is 4.98 Å². The summed E-state index contributed by atoms with van der Waals surface area (Å²) in [4.78, 5) is 27.3. The second kappa shape index (κ2) is 6.01. The highest BCUT2D eigenvalue weighted by atomic mass is 32.1. The molecule has 5 nitrogen and oxygen atoms in total. The van der Waals surface area contributed by atoms with Crippen LogP contribution in [-0.2, 0) is 10.3 Å². The number of methoxy groups -OCH3 is 1. The lowest BCUT2D eigenvalue weighted by Gasteiger charge is -2.28. The van der Waals surface area contributed by atoms with Crippen molar-refractivity contribution in [3.63, 3.8) is 0 Å². The molecule has 6 heteroatoms. The van der Waals surface area contributed by atoms with Crippen LogP contribution in [0.25, 0.3) is 0 Å². The third-order valence-electron chi connectivity index (χ3n) is 3.84. The molecule has 0 aromatic carbocycles. The quantitative estimate of drug-likeness (QED) is 0.682. The molecule has 1 saturated carbocycles. The maximum atomic E-state index is 11.6. The molecule has 0 aliphatic heterocycles. The fraction of sp³-hybridized carbons (Fsp3) is 0.643. The van der Waals surface area contributed by atoms with E-state index in [0.29, 0.717) is 5.01 Å². The third kappa shape index (κ3) is 2.76. The predicted molar refractivity (Wildman–Crippen MR) is 75.5 cm³/mol. The molecule has 20 heavy (non-hydrogen) atoms. The first-order valence-electron chi connectivity index (χ1n) is 6.81. The first kappa shape index (κ1) is 15.1. The van der Waals surface area contributed by atoms with Crippen LogP contribution in [-0.4, -0.2) is 29.0 Å². The molecule has 0 atom stereocenters. The van der Waals surface area contributed by atoms with Crippen molar-refractivity contribution >= 4 is 23.1 Å². The topological polar surface area (TPSA) is 76.5 Å². The molecular formula is C14H19NO4S. The van der Waals surface area contributed by atoms with Gasteiger partial charge in [-0.05, 0) is 12.8 Å². The maximum absolute atomic E-state index is 11.6. The van der Waals surface area contributed by atoms with Gasteiger partial charge >= 0.3 is 5.97 Å². The predicted octanol–water partition coefficient (Wildman–Crippen LogP) is 3.24. The minimum Gasteiger partial charge on any atom is -0.476 e. The Morgan fingerprint density at radius 2 is 1.85 bits per heavy atom. The molecule has 1 heterocycles. The van der Waals surface area contributed by atoms with Crippen molar-refractivity contribution in [1.29, 1.82) is 0 Å². The van der Waals surface area contributed by atoms with Gasteiger partial charge in [0.25, 0.3) is 0 Å². The normalized spacial score (nSPS) is 18.5. The van der Waals surface area contributed by atoms with Gasteiger partial charge in [-0.15, -0.1) is 11.3 Å². The Kier molecular flexibility index (Phi) is 4.55. The van der Waals surface area contributed by atoms with Gasteiger partial charge in [0.15, 0.2) is 11.5 Å². The number of carboxylic acids is 1. The second-order valence-corrected chi connectivity index (χ2v) is 6.17. The molecule has 0 unspecified atom stereocenters. The van der Waals surface area contributed by atoms with Gasteiger partial charge in [-0.2, -0.15) is 0 Å². The molecule has 2 rings (SSSR count). The van der Waals surface area contributed by atoms with Crippen molar-refractivity contribution < 1.29 is 19.4 Å². The standard InChI is InChI=1S/C14H19NO4S/c1-9(16)11-10(12(17)18)15-13(20-11)14(19-2)7-5-3-4-6-8-14/h3-8H2,1-2H3,(H,17,18). The summed E-state index contributed by atoms with van der Waals surface area (Å²) in [5.41, 5.74) is -0.669. The van der Waals surface area contributed by atoms with Crippen molar-refractivity contribution in [2.45, 2.75) is 51.0 Å². The minimum atomic E-state index is -1.16. The fourth-order valence-electron chi connectivity index (χ4n) is 2.70. The summed E-state index contributed by atoms with van der Waals surface area (Å²) in [6.45, 7) is 1.37. The van der Waals surface area contributed by atoms with Gasteiger partial charge in [0.1, 0.15) is 15.5 Å². The van der Waals surface area contributed by atoms with E-state index < -0.39 is 11.6 Å². The van der Waals surface area contributed by atoms with Gasteiger partial charge < -0.3 is 9.84 Å². The van der Waals surface area contributed by atoms with Crippen LogP contribution in [0.4, 0.5) is 0 Å². The third-order valence-corrected chi connectivity index (χ3v) is 5.18. The first-order chi connectivity index (χ1) is 9.50. The number of aromatic carboxylic acids is 1. The van der Waals surface area contributed by atoms with E-state index in [-0.39, 0.29) is 16.4 Å². The van der Waals surface area contributed by atoms with E-state index in [1.54, 1.807) is 7.11 Å². The lowest BCUT2D eigenvalue weighted by Crippen LogP contribution is -2.27. The summed E-state index contributed by atoms with van der Waals surface area (Å²) in [6, 6.07) is 0. The number of ether oxygens (including phenoxy) is 1. The molecule has 1 aliphatic rings. The molecule has 1 fully saturated rings. The average molecular weight is 297 g/mol. The van der Waals surface area contributed by atoms with Crippen LogP contribution in [0.2, 0.25) is 0 Å². The van der Waals surface area contributed by atoms with Crippen molar-refractivity contribution in [3.05, 3.63) is 15.6 Å². The van der Waals surface area contributed by atoms with E-state index >= 15 is 0 Å². The highest BCUT2D eigenvalue weighted by Crippen LogP contribution is 2.41. The summed E-state index contributed by atoms with van der Waals surface area (Å²) < 4.78 is 5.72. The molecule has 0 spiro atoms. The molecule has 1 aromatic rings.